The number of pyridine rings is 2. The predicted octanol–water partition coefficient (Wildman–Crippen LogP) is 5.06. The molecule has 0 fully saturated rings. The van der Waals surface area contributed by atoms with E-state index >= 15 is 0 Å². The van der Waals surface area contributed by atoms with Crippen molar-refractivity contribution in [1.82, 2.24) is 9.97 Å². The van der Waals surface area contributed by atoms with E-state index in [-0.39, 0.29) is 17.1 Å². The molecule has 2 nitrogen and oxygen atoms in total. The van der Waals surface area contributed by atoms with Crippen molar-refractivity contribution in [2.24, 2.45) is 0 Å². The Kier molecular flexibility index (Phi) is 4.16. The standard InChI is InChI=1S/C20H16N2.Cu/c1-13-8-10-16-12-18(15-6-4-3-5-7-15)17-11-9-14(2)22-20(17)19(16)21-13;/h3-12H,1-2H3;/q;+1. The average Bonchev–Trinajstić information content (AvgIpc) is 2.55. The summed E-state index contributed by atoms with van der Waals surface area (Å²) in [6, 6.07) is 21.1. The van der Waals surface area contributed by atoms with Crippen LogP contribution in [0.5, 0.6) is 0 Å². The first-order chi connectivity index (χ1) is 10.7. The zero-order chi connectivity index (χ0) is 15.1. The molecule has 0 aliphatic carbocycles. The Labute approximate surface area is 146 Å². The fourth-order valence-corrected chi connectivity index (χ4v) is 2.92. The monoisotopic (exact) mass is 347 g/mol. The topological polar surface area (TPSA) is 25.8 Å². The first kappa shape index (κ1) is 15.7. The second-order valence-corrected chi connectivity index (χ2v) is 5.66. The molecule has 2 heterocycles. The third-order valence-corrected chi connectivity index (χ3v) is 4.00. The van der Waals surface area contributed by atoms with Crippen molar-refractivity contribution in [2.75, 3.05) is 0 Å². The van der Waals surface area contributed by atoms with Gasteiger partial charge in [-0.3, -0.25) is 9.97 Å². The van der Waals surface area contributed by atoms with Gasteiger partial charge in [-0.1, -0.05) is 42.5 Å². The molecule has 2 aromatic heterocycles. The number of nitrogens with zero attached hydrogens (tertiary/aromatic N) is 2. The summed E-state index contributed by atoms with van der Waals surface area (Å²) in [6.45, 7) is 4.04. The Morgan fingerprint density at radius 2 is 1.35 bits per heavy atom. The van der Waals surface area contributed by atoms with E-state index in [0.29, 0.717) is 0 Å². The maximum absolute atomic E-state index is 4.77. The van der Waals surface area contributed by atoms with E-state index in [9.17, 15) is 0 Å². The molecule has 0 aliphatic heterocycles. The van der Waals surface area contributed by atoms with Gasteiger partial charge in [-0.25, -0.2) is 0 Å². The predicted molar refractivity (Wildman–Crippen MR) is 92.0 cm³/mol. The molecule has 23 heavy (non-hydrogen) atoms. The molecule has 2 aromatic carbocycles. The van der Waals surface area contributed by atoms with Crippen LogP contribution in [-0.2, 0) is 17.1 Å². The first-order valence-corrected chi connectivity index (χ1v) is 7.45. The zero-order valence-corrected chi connectivity index (χ0v) is 13.9. The molecule has 4 rings (SSSR count). The summed E-state index contributed by atoms with van der Waals surface area (Å²) in [5.74, 6) is 0. The van der Waals surface area contributed by atoms with E-state index in [1.807, 2.05) is 19.9 Å². The number of aryl methyl sites for hydroxylation is 2. The van der Waals surface area contributed by atoms with E-state index < -0.39 is 0 Å². The van der Waals surface area contributed by atoms with Gasteiger partial charge >= 0.3 is 17.1 Å². The summed E-state index contributed by atoms with van der Waals surface area (Å²) in [7, 11) is 0. The number of hydrogen-bond donors (Lipinski definition) is 0. The van der Waals surface area contributed by atoms with Crippen LogP contribution < -0.4 is 0 Å². The van der Waals surface area contributed by atoms with E-state index in [2.05, 4.69) is 54.6 Å². The number of hydrogen-bond acceptors (Lipinski definition) is 2. The van der Waals surface area contributed by atoms with Gasteiger partial charge in [0.1, 0.15) is 0 Å². The summed E-state index contributed by atoms with van der Waals surface area (Å²) in [6.07, 6.45) is 0. The minimum atomic E-state index is 0. The molecule has 0 atom stereocenters. The van der Waals surface area contributed by atoms with Crippen LogP contribution in [0.25, 0.3) is 32.9 Å². The van der Waals surface area contributed by atoms with Crippen LogP contribution in [0.1, 0.15) is 11.4 Å². The van der Waals surface area contributed by atoms with Crippen LogP contribution in [0, 0.1) is 13.8 Å². The maximum atomic E-state index is 4.77. The van der Waals surface area contributed by atoms with Gasteiger partial charge in [0.05, 0.1) is 11.0 Å². The molecule has 0 unspecified atom stereocenters. The zero-order valence-electron chi connectivity index (χ0n) is 13.0. The number of rotatable bonds is 1. The fourth-order valence-electron chi connectivity index (χ4n) is 2.92. The van der Waals surface area contributed by atoms with Crippen LogP contribution in [-0.4, -0.2) is 9.97 Å². The van der Waals surface area contributed by atoms with E-state index in [1.54, 1.807) is 0 Å². The molecule has 0 amide bonds. The van der Waals surface area contributed by atoms with Crippen LogP contribution in [0.15, 0.2) is 60.7 Å². The number of fused-ring (bicyclic) bond motifs is 3. The van der Waals surface area contributed by atoms with Gasteiger partial charge in [0.2, 0.25) is 0 Å². The van der Waals surface area contributed by atoms with E-state index in [1.165, 1.54) is 11.1 Å². The SMILES string of the molecule is Cc1ccc2cc(-c3ccccc3)c3ccc(C)nc3c2n1.[Cu+]. The van der Waals surface area contributed by atoms with Gasteiger partial charge < -0.3 is 0 Å². The Morgan fingerprint density at radius 1 is 0.696 bits per heavy atom. The van der Waals surface area contributed by atoms with Gasteiger partial charge in [0.25, 0.3) is 0 Å². The van der Waals surface area contributed by atoms with Crippen LogP contribution in [0.3, 0.4) is 0 Å². The number of benzene rings is 2. The quantitative estimate of drug-likeness (QED) is 0.355. The Hall–Kier alpha value is -2.22. The van der Waals surface area contributed by atoms with Gasteiger partial charge in [0, 0.05) is 22.2 Å². The van der Waals surface area contributed by atoms with Crippen molar-refractivity contribution in [1.29, 1.82) is 0 Å². The second-order valence-electron chi connectivity index (χ2n) is 5.66. The molecule has 4 aromatic rings. The minimum Gasteiger partial charge on any atom is -0.251 e. The first-order valence-electron chi connectivity index (χ1n) is 7.45. The van der Waals surface area contributed by atoms with Gasteiger partial charge in [-0.2, -0.15) is 0 Å². The van der Waals surface area contributed by atoms with E-state index in [4.69, 9.17) is 9.97 Å². The molecular formula is C20H16CuN2+. The summed E-state index contributed by atoms with van der Waals surface area (Å²) in [5, 5.41) is 2.29. The normalized spacial score (nSPS) is 10.7. The Morgan fingerprint density at radius 3 is 2.09 bits per heavy atom. The van der Waals surface area contributed by atoms with Crippen LogP contribution in [0.4, 0.5) is 0 Å². The molecule has 0 saturated carbocycles. The van der Waals surface area contributed by atoms with Crippen LogP contribution >= 0.6 is 0 Å². The van der Waals surface area contributed by atoms with Gasteiger partial charge in [-0.15, -0.1) is 0 Å². The molecule has 0 saturated heterocycles. The Bertz CT molecular complexity index is 994. The summed E-state index contributed by atoms with van der Waals surface area (Å²) in [4.78, 5) is 9.49. The van der Waals surface area contributed by atoms with Crippen molar-refractivity contribution in [3.8, 4) is 11.1 Å². The van der Waals surface area contributed by atoms with Crippen molar-refractivity contribution in [2.45, 2.75) is 13.8 Å². The molecule has 3 heteroatoms. The molecule has 0 aliphatic rings. The third kappa shape index (κ3) is 2.74. The molecule has 0 radical (unpaired) electrons. The Balaban J connectivity index is 0.00000156. The van der Waals surface area contributed by atoms with Crippen molar-refractivity contribution < 1.29 is 17.1 Å². The molecular weight excluding hydrogens is 332 g/mol. The smallest absolute Gasteiger partial charge is 0.251 e. The van der Waals surface area contributed by atoms with E-state index in [0.717, 1.165) is 33.2 Å². The summed E-state index contributed by atoms with van der Waals surface area (Å²) >= 11 is 0. The molecule has 0 N–H and O–H groups in total. The van der Waals surface area contributed by atoms with Crippen LogP contribution in [0.2, 0.25) is 0 Å². The van der Waals surface area contributed by atoms with Gasteiger partial charge in [0.15, 0.2) is 0 Å². The molecule has 0 spiro atoms. The minimum absolute atomic E-state index is 0. The number of aromatic nitrogens is 2. The average molecular weight is 348 g/mol. The van der Waals surface area contributed by atoms with Crippen molar-refractivity contribution in [3.63, 3.8) is 0 Å². The summed E-state index contributed by atoms with van der Waals surface area (Å²) in [5.41, 5.74) is 6.42. The van der Waals surface area contributed by atoms with Gasteiger partial charge in [-0.05, 0) is 43.2 Å². The third-order valence-electron chi connectivity index (χ3n) is 4.00. The maximum Gasteiger partial charge on any atom is 1.00 e. The molecule has 116 valence electrons. The van der Waals surface area contributed by atoms with Crippen molar-refractivity contribution >= 4 is 21.8 Å². The van der Waals surface area contributed by atoms with Crippen molar-refractivity contribution in [3.05, 3.63) is 72.1 Å². The fraction of sp³-hybridized carbons (Fsp3) is 0.100. The molecule has 0 bridgehead atoms. The summed E-state index contributed by atoms with van der Waals surface area (Å²) < 4.78 is 0. The largest absolute Gasteiger partial charge is 1.00 e. The second kappa shape index (κ2) is 6.11.